The number of nitrogens with one attached hydrogen (secondary N) is 1. The number of aliphatic carboxylic acids is 2. The van der Waals surface area contributed by atoms with Gasteiger partial charge in [0.1, 0.15) is 16.4 Å². The van der Waals surface area contributed by atoms with E-state index in [2.05, 4.69) is 10.1 Å². The third-order valence-electron chi connectivity index (χ3n) is 5.52. The molecule has 15 heteroatoms. The number of rotatable bonds is 13. The Morgan fingerprint density at radius 1 is 1.05 bits per heavy atom. The Labute approximate surface area is 233 Å². The quantitative estimate of drug-likeness (QED) is 0.151. The van der Waals surface area contributed by atoms with E-state index >= 15 is 0 Å². The van der Waals surface area contributed by atoms with Crippen LogP contribution in [0.25, 0.3) is 0 Å². The molecule has 224 valence electrons. The molecule has 0 saturated heterocycles. The van der Waals surface area contributed by atoms with Gasteiger partial charge in [-0.25, -0.2) is 23.1 Å². The predicted molar refractivity (Wildman–Crippen MR) is 139 cm³/mol. The van der Waals surface area contributed by atoms with Crippen molar-refractivity contribution in [2.24, 2.45) is 5.14 Å². The minimum Gasteiger partial charge on any atom is -0.492 e. The van der Waals surface area contributed by atoms with Gasteiger partial charge in [-0.2, -0.15) is 0 Å². The molecule has 1 aliphatic heterocycles. The molecule has 0 bridgehead atoms. The molecule has 1 heterocycles. The molecule has 41 heavy (non-hydrogen) atoms. The Morgan fingerprint density at radius 3 is 2.32 bits per heavy atom. The molecule has 0 aromatic heterocycles. The molecule has 0 atom stereocenters. The van der Waals surface area contributed by atoms with Crippen LogP contribution < -0.4 is 19.9 Å². The third-order valence-corrected chi connectivity index (χ3v) is 6.44. The Balaban J connectivity index is 0.000000642. The molecule has 5 N–H and O–H groups in total. The number of benzene rings is 2. The Morgan fingerprint density at radius 2 is 1.71 bits per heavy atom. The van der Waals surface area contributed by atoms with Gasteiger partial charge in [0, 0.05) is 30.6 Å². The van der Waals surface area contributed by atoms with Gasteiger partial charge >= 0.3 is 18.3 Å². The van der Waals surface area contributed by atoms with Gasteiger partial charge in [0.25, 0.3) is 0 Å². The number of halogens is 3. The summed E-state index contributed by atoms with van der Waals surface area (Å²) in [7, 11) is -4.01. The maximum Gasteiger partial charge on any atom is 0.573 e. The number of alkyl halides is 3. The lowest BCUT2D eigenvalue weighted by Gasteiger charge is -2.13. The molecule has 0 unspecified atom stereocenters. The smallest absolute Gasteiger partial charge is 0.492 e. The van der Waals surface area contributed by atoms with Crippen LogP contribution in [0, 0.1) is 0 Å². The number of nitrogens with two attached hydrogens (primary N) is 1. The summed E-state index contributed by atoms with van der Waals surface area (Å²) in [5, 5.41) is 24.0. The van der Waals surface area contributed by atoms with Crippen molar-refractivity contribution < 1.29 is 55.7 Å². The zero-order valence-corrected chi connectivity index (χ0v) is 22.5. The largest absolute Gasteiger partial charge is 0.573 e. The van der Waals surface area contributed by atoms with Crippen molar-refractivity contribution >= 4 is 27.7 Å². The average molecular weight is 603 g/mol. The number of primary sulfonamides is 1. The number of Topliss-reactive ketones (excluding diaryl/α,β-unsaturated/α-hetero) is 1. The third kappa shape index (κ3) is 12.0. The van der Waals surface area contributed by atoms with Crippen molar-refractivity contribution in [1.82, 2.24) is 5.32 Å². The molecule has 1 aliphatic rings. The molecule has 0 amide bonds. The lowest BCUT2D eigenvalue weighted by atomic mass is 10.0. The van der Waals surface area contributed by atoms with Crippen molar-refractivity contribution in [2.45, 2.75) is 43.4 Å². The van der Waals surface area contributed by atoms with Crippen LogP contribution in [0.3, 0.4) is 0 Å². The van der Waals surface area contributed by atoms with Crippen LogP contribution in [0.5, 0.6) is 11.5 Å². The van der Waals surface area contributed by atoms with Gasteiger partial charge in [-0.3, -0.25) is 4.79 Å². The first-order valence-electron chi connectivity index (χ1n) is 12.2. The lowest BCUT2D eigenvalue weighted by molar-refractivity contribution is -0.274. The second-order valence-electron chi connectivity index (χ2n) is 8.65. The summed E-state index contributed by atoms with van der Waals surface area (Å²) in [6.45, 7) is 1.37. The van der Waals surface area contributed by atoms with Crippen LogP contribution in [0.4, 0.5) is 13.2 Å². The van der Waals surface area contributed by atoms with Crippen molar-refractivity contribution in [2.75, 3.05) is 19.7 Å². The average Bonchev–Trinajstić information content (AvgIpc) is 3.34. The first kappa shape index (κ1) is 33.3. The first-order chi connectivity index (χ1) is 19.2. The number of para-hydroxylation sites is 1. The molecule has 11 nitrogen and oxygen atoms in total. The Hall–Kier alpha value is -3.95. The fourth-order valence-electron chi connectivity index (χ4n) is 3.75. The minimum absolute atomic E-state index is 0.169. The summed E-state index contributed by atoms with van der Waals surface area (Å²) >= 11 is 0. The fraction of sp³-hybridized carbons (Fsp3) is 0.346. The summed E-state index contributed by atoms with van der Waals surface area (Å²) in [5.74, 6) is -2.69. The van der Waals surface area contributed by atoms with Crippen LogP contribution in [0.1, 0.15) is 40.7 Å². The zero-order chi connectivity index (χ0) is 30.6. The van der Waals surface area contributed by atoms with E-state index in [0.29, 0.717) is 68.7 Å². The normalized spacial score (nSPS) is 12.7. The minimum atomic E-state index is -4.74. The molecule has 0 aliphatic carbocycles. The van der Waals surface area contributed by atoms with E-state index in [1.165, 1.54) is 18.2 Å². The van der Waals surface area contributed by atoms with Gasteiger partial charge in [-0.1, -0.05) is 18.2 Å². The highest BCUT2D eigenvalue weighted by Crippen LogP contribution is 2.34. The number of unbranched alkanes of at least 4 members (excludes halogenated alkanes) is 1. The monoisotopic (exact) mass is 602 g/mol. The first-order valence-corrected chi connectivity index (χ1v) is 13.8. The van der Waals surface area contributed by atoms with Crippen molar-refractivity contribution in [1.29, 1.82) is 0 Å². The summed E-state index contributed by atoms with van der Waals surface area (Å²) in [5.41, 5.74) is 1.39. The number of carbonyl (C=O) groups is 3. The van der Waals surface area contributed by atoms with Gasteiger partial charge in [0.05, 0.1) is 6.61 Å². The summed E-state index contributed by atoms with van der Waals surface area (Å²) in [4.78, 5) is 31.5. The van der Waals surface area contributed by atoms with E-state index in [-0.39, 0.29) is 34.2 Å². The van der Waals surface area contributed by atoms with Crippen LogP contribution in [0.2, 0.25) is 0 Å². The molecule has 0 radical (unpaired) electrons. The van der Waals surface area contributed by atoms with Crippen molar-refractivity contribution in [3.8, 4) is 11.5 Å². The van der Waals surface area contributed by atoms with Crippen LogP contribution in [-0.4, -0.2) is 62.4 Å². The zero-order valence-electron chi connectivity index (χ0n) is 21.6. The Kier molecular flexibility index (Phi) is 12.3. The maximum absolute atomic E-state index is 12.5. The van der Waals surface area contributed by atoms with Crippen LogP contribution >= 0.6 is 0 Å². The standard InChI is InChI=1S/C22H25F3N2O5S.C4H4O4/c23-22(24,25)32-19-7-2-1-5-15(19)8-11-27-10-4-3-6-18(28)17-13-16-9-12-31-21(16)20(14-17)33(26,29)30;5-3(6)1-2-4(7)8/h1-2,5,7,13-14,27H,3-4,6,8-12H2,(H2,26,29,30);1-2H,(H,5,6)(H,7,8)/b;2-1+. The van der Waals surface area contributed by atoms with Gasteiger partial charge in [0.15, 0.2) is 5.78 Å². The number of ketones is 1. The number of fused-ring (bicyclic) bond motifs is 1. The van der Waals surface area contributed by atoms with Crippen LogP contribution in [-0.2, 0) is 32.5 Å². The van der Waals surface area contributed by atoms with E-state index in [0.717, 1.165) is 0 Å². The molecule has 2 aromatic carbocycles. The van der Waals surface area contributed by atoms with Gasteiger partial charge in [-0.05, 0) is 61.7 Å². The van der Waals surface area contributed by atoms with Gasteiger partial charge in [-0.15, -0.1) is 13.2 Å². The van der Waals surface area contributed by atoms with E-state index in [9.17, 15) is 36.0 Å². The molecule has 0 fully saturated rings. The van der Waals surface area contributed by atoms with Gasteiger partial charge < -0.3 is 25.0 Å². The highest BCUT2D eigenvalue weighted by Gasteiger charge is 2.32. The predicted octanol–water partition coefficient (Wildman–Crippen LogP) is 3.06. The van der Waals surface area contributed by atoms with E-state index in [1.807, 2.05) is 0 Å². The van der Waals surface area contributed by atoms with E-state index in [4.69, 9.17) is 20.1 Å². The summed E-state index contributed by atoms with van der Waals surface area (Å²) in [6, 6.07) is 8.91. The molecule has 3 rings (SSSR count). The SMILES string of the molecule is NS(=O)(=O)c1cc(C(=O)CCCCNCCc2ccccc2OC(F)(F)F)cc2c1OCC2.O=C(O)/C=C/C(=O)O. The number of sulfonamides is 1. The maximum atomic E-state index is 12.5. The summed E-state index contributed by atoms with van der Waals surface area (Å²) < 4.78 is 70.5. The van der Waals surface area contributed by atoms with Gasteiger partial charge in [0.2, 0.25) is 10.0 Å². The Bertz CT molecular complexity index is 1360. The summed E-state index contributed by atoms with van der Waals surface area (Å²) in [6.07, 6.45) is -1.28. The van der Waals surface area contributed by atoms with E-state index < -0.39 is 28.3 Å². The molecule has 0 saturated carbocycles. The van der Waals surface area contributed by atoms with Crippen molar-refractivity contribution in [3.63, 3.8) is 0 Å². The highest BCUT2D eigenvalue weighted by atomic mass is 32.2. The van der Waals surface area contributed by atoms with Crippen molar-refractivity contribution in [3.05, 3.63) is 65.2 Å². The van der Waals surface area contributed by atoms with E-state index in [1.54, 1.807) is 18.2 Å². The topological polar surface area (TPSA) is 182 Å². The number of ether oxygens (including phenoxy) is 2. The number of carboxylic acids is 2. The number of hydrogen-bond acceptors (Lipinski definition) is 8. The molecular formula is C26H29F3N2O9S. The number of hydrogen-bond donors (Lipinski definition) is 4. The fourth-order valence-corrected chi connectivity index (χ4v) is 4.49. The number of carboxylic acid groups (broad SMARTS) is 2. The second-order valence-corrected chi connectivity index (χ2v) is 10.2. The lowest BCUT2D eigenvalue weighted by Crippen LogP contribution is -2.21. The molecular weight excluding hydrogens is 573 g/mol. The highest BCUT2D eigenvalue weighted by molar-refractivity contribution is 7.89. The van der Waals surface area contributed by atoms with Crippen LogP contribution in [0.15, 0.2) is 53.4 Å². The second kappa shape index (κ2) is 15.2. The number of carbonyl (C=O) groups excluding carboxylic acids is 1. The molecule has 0 spiro atoms. The molecule has 2 aromatic rings.